The highest BCUT2D eigenvalue weighted by molar-refractivity contribution is 6.36. The Morgan fingerprint density at radius 2 is 1.65 bits per heavy atom. The molecule has 0 saturated carbocycles. The van der Waals surface area contributed by atoms with Gasteiger partial charge in [0.1, 0.15) is 0 Å². The normalized spacial score (nSPS) is 15.2. The Balaban J connectivity index is 1.53. The van der Waals surface area contributed by atoms with Gasteiger partial charge in [0.2, 0.25) is 0 Å². The number of nitrogens with two attached hydrogens (primary N) is 1. The van der Waals surface area contributed by atoms with E-state index < -0.39 is 22.6 Å². The molecule has 224 valence electrons. The van der Waals surface area contributed by atoms with Crippen LogP contribution in [-0.2, 0) is 0 Å². The van der Waals surface area contributed by atoms with E-state index in [4.69, 9.17) is 5.73 Å². The number of nitrogens with zero attached hydrogens (tertiary/aromatic N) is 4. The van der Waals surface area contributed by atoms with Crippen molar-refractivity contribution in [1.82, 2.24) is 20.4 Å². The highest BCUT2D eigenvalue weighted by Crippen LogP contribution is 2.36. The van der Waals surface area contributed by atoms with E-state index in [1.807, 2.05) is 7.05 Å². The van der Waals surface area contributed by atoms with Crippen molar-refractivity contribution in [3.8, 4) is 0 Å². The lowest BCUT2D eigenvalue weighted by molar-refractivity contribution is -0.384. The second kappa shape index (κ2) is 12.7. The van der Waals surface area contributed by atoms with Crippen LogP contribution < -0.4 is 21.3 Å². The van der Waals surface area contributed by atoms with Gasteiger partial charge in [-0.3, -0.25) is 29.3 Å². The minimum absolute atomic E-state index is 0.00817. The molecule has 43 heavy (non-hydrogen) atoms. The first-order valence-corrected chi connectivity index (χ1v) is 14.1. The molecule has 13 nitrogen and oxygen atoms in total. The number of rotatable bonds is 10. The lowest BCUT2D eigenvalue weighted by atomic mass is 9.92. The van der Waals surface area contributed by atoms with E-state index in [1.165, 1.54) is 24.3 Å². The predicted molar refractivity (Wildman–Crippen MR) is 160 cm³/mol. The number of anilines is 1. The van der Waals surface area contributed by atoms with Crippen LogP contribution >= 0.6 is 0 Å². The molecule has 3 aromatic carbocycles. The minimum Gasteiger partial charge on any atom is -0.352 e. The van der Waals surface area contributed by atoms with E-state index in [9.17, 15) is 29.3 Å². The highest BCUT2D eigenvalue weighted by atomic mass is 16.6. The fourth-order valence-electron chi connectivity index (χ4n) is 5.36. The molecule has 0 aromatic heterocycles. The Labute approximate surface area is 247 Å². The average Bonchev–Trinajstić information content (AvgIpc) is 3.01. The zero-order valence-electron chi connectivity index (χ0n) is 23.8. The summed E-state index contributed by atoms with van der Waals surface area (Å²) in [4.78, 5) is 70.2. The molecule has 4 amide bonds. The number of non-ortho nitro benzene ring substituents is 1. The van der Waals surface area contributed by atoms with Gasteiger partial charge in [0, 0.05) is 80.0 Å². The van der Waals surface area contributed by atoms with Gasteiger partial charge in [0.05, 0.1) is 16.2 Å². The van der Waals surface area contributed by atoms with E-state index in [0.717, 1.165) is 11.0 Å². The second-order valence-corrected chi connectivity index (χ2v) is 10.6. The number of amides is 4. The van der Waals surface area contributed by atoms with Gasteiger partial charge < -0.3 is 26.2 Å². The van der Waals surface area contributed by atoms with E-state index in [1.54, 1.807) is 23.1 Å². The Bertz CT molecular complexity index is 1620. The van der Waals surface area contributed by atoms with Gasteiger partial charge >= 0.3 is 0 Å². The van der Waals surface area contributed by atoms with Crippen molar-refractivity contribution < 1.29 is 24.1 Å². The summed E-state index contributed by atoms with van der Waals surface area (Å²) in [6, 6.07) is 11.5. The smallest absolute Gasteiger partial charge is 0.270 e. The van der Waals surface area contributed by atoms with Gasteiger partial charge in [-0.05, 0) is 49.7 Å². The zero-order chi connectivity index (χ0) is 30.7. The van der Waals surface area contributed by atoms with Crippen LogP contribution in [-0.4, -0.2) is 97.8 Å². The third kappa shape index (κ3) is 6.09. The molecule has 0 bridgehead atoms. The maximum absolute atomic E-state index is 13.9. The maximum Gasteiger partial charge on any atom is 0.270 e. The molecule has 1 saturated heterocycles. The quantitative estimate of drug-likeness (QED) is 0.138. The molecule has 5 rings (SSSR count). The van der Waals surface area contributed by atoms with Crippen molar-refractivity contribution in [2.75, 3.05) is 64.3 Å². The highest BCUT2D eigenvalue weighted by Gasteiger charge is 2.36. The molecular formula is C30H33N7O6. The van der Waals surface area contributed by atoms with Crippen molar-refractivity contribution in [1.29, 1.82) is 0 Å². The van der Waals surface area contributed by atoms with Crippen LogP contribution in [0.25, 0.3) is 10.8 Å². The van der Waals surface area contributed by atoms with Crippen LogP contribution in [0.15, 0.2) is 48.5 Å². The van der Waals surface area contributed by atoms with Gasteiger partial charge in [-0.2, -0.15) is 0 Å². The third-order valence-corrected chi connectivity index (χ3v) is 7.65. The maximum atomic E-state index is 13.9. The molecule has 0 atom stereocenters. The van der Waals surface area contributed by atoms with Crippen LogP contribution in [0.1, 0.15) is 47.9 Å². The number of imide groups is 1. The summed E-state index contributed by atoms with van der Waals surface area (Å²) in [5, 5.41) is 18.3. The number of piperazine rings is 1. The Morgan fingerprint density at radius 1 is 0.930 bits per heavy atom. The van der Waals surface area contributed by atoms with Crippen LogP contribution in [0.4, 0.5) is 11.4 Å². The Morgan fingerprint density at radius 3 is 2.37 bits per heavy atom. The summed E-state index contributed by atoms with van der Waals surface area (Å²) in [7, 11) is 1.97. The van der Waals surface area contributed by atoms with E-state index >= 15 is 0 Å². The standard InChI is InChI=1S/C30H33N7O6/c1-34-10-12-35(13-11-34)28(39)21-14-20(27(38)33-8-3-7-32-9-6-31)16-22(17-21)36-29(40)24-5-2-4-19-15-23(37(42)43)18-25(26(19)24)30(36)41/h2,4-5,14-18,32H,3,6-13,31H2,1H3,(H,33,38). The molecule has 13 heteroatoms. The zero-order valence-corrected chi connectivity index (χ0v) is 23.8. The van der Waals surface area contributed by atoms with Gasteiger partial charge in [-0.15, -0.1) is 0 Å². The van der Waals surface area contributed by atoms with Crippen molar-refractivity contribution in [2.45, 2.75) is 6.42 Å². The summed E-state index contributed by atoms with van der Waals surface area (Å²) in [6.45, 7) is 4.49. The SMILES string of the molecule is CN1CCN(C(=O)c2cc(C(=O)NCCCNCCN)cc(N3C(=O)c4cccc5cc([N+](=O)[O-])cc(c45)C3=O)c2)CC1. The average molecular weight is 588 g/mol. The summed E-state index contributed by atoms with van der Waals surface area (Å²) < 4.78 is 0. The number of carbonyl (C=O) groups excluding carboxylic acids is 4. The third-order valence-electron chi connectivity index (χ3n) is 7.65. The Kier molecular flexibility index (Phi) is 8.76. The number of nitro groups is 1. The van der Waals surface area contributed by atoms with E-state index in [0.29, 0.717) is 69.6 Å². The predicted octanol–water partition coefficient (Wildman–Crippen LogP) is 1.60. The minimum atomic E-state index is -0.779. The molecule has 1 fully saturated rings. The monoisotopic (exact) mass is 587 g/mol. The number of carbonyl (C=O) groups is 4. The van der Waals surface area contributed by atoms with Crippen LogP contribution in [0.5, 0.6) is 0 Å². The van der Waals surface area contributed by atoms with Gasteiger partial charge in [0.25, 0.3) is 29.3 Å². The summed E-state index contributed by atoms with van der Waals surface area (Å²) >= 11 is 0. The van der Waals surface area contributed by atoms with Gasteiger partial charge in [0.15, 0.2) is 0 Å². The number of likely N-dealkylation sites (N-methyl/N-ethyl adjacent to an activating group) is 1. The summed E-state index contributed by atoms with van der Waals surface area (Å²) in [5.41, 5.74) is 5.66. The second-order valence-electron chi connectivity index (χ2n) is 10.6. The fourth-order valence-corrected chi connectivity index (χ4v) is 5.36. The van der Waals surface area contributed by atoms with Crippen LogP contribution in [0.2, 0.25) is 0 Å². The molecule has 0 radical (unpaired) electrons. The number of benzene rings is 3. The largest absolute Gasteiger partial charge is 0.352 e. The van der Waals surface area contributed by atoms with Crippen molar-refractivity contribution in [3.63, 3.8) is 0 Å². The van der Waals surface area contributed by atoms with Gasteiger partial charge in [-0.25, -0.2) is 4.90 Å². The van der Waals surface area contributed by atoms with Crippen molar-refractivity contribution in [3.05, 3.63) is 80.9 Å². The molecule has 4 N–H and O–H groups in total. The van der Waals surface area contributed by atoms with Gasteiger partial charge in [-0.1, -0.05) is 12.1 Å². The number of nitro benzene ring substituents is 1. The number of hydrogen-bond acceptors (Lipinski definition) is 9. The molecule has 2 heterocycles. The number of hydrogen-bond donors (Lipinski definition) is 3. The Hall–Kier alpha value is -4.72. The molecule has 2 aliphatic heterocycles. The van der Waals surface area contributed by atoms with Crippen molar-refractivity contribution >= 4 is 45.8 Å². The summed E-state index contributed by atoms with van der Waals surface area (Å²) in [5.74, 6) is -2.23. The topological polar surface area (TPSA) is 171 Å². The first kappa shape index (κ1) is 29.8. The lowest BCUT2D eigenvalue weighted by Crippen LogP contribution is -2.47. The summed E-state index contributed by atoms with van der Waals surface area (Å²) in [6.07, 6.45) is 0.640. The molecular weight excluding hydrogens is 554 g/mol. The van der Waals surface area contributed by atoms with E-state index in [2.05, 4.69) is 15.5 Å². The molecule has 0 aliphatic carbocycles. The fraction of sp³-hybridized carbons (Fsp3) is 0.333. The molecule has 3 aromatic rings. The van der Waals surface area contributed by atoms with Crippen molar-refractivity contribution in [2.24, 2.45) is 5.73 Å². The first-order chi connectivity index (χ1) is 20.7. The van der Waals surface area contributed by atoms with E-state index in [-0.39, 0.29) is 39.5 Å². The lowest BCUT2D eigenvalue weighted by Gasteiger charge is -2.33. The van der Waals surface area contributed by atoms with Crippen LogP contribution in [0, 0.1) is 10.1 Å². The first-order valence-electron chi connectivity index (χ1n) is 14.1. The van der Waals surface area contributed by atoms with Crippen LogP contribution in [0.3, 0.4) is 0 Å². The number of nitrogens with one attached hydrogen (secondary N) is 2. The molecule has 2 aliphatic rings. The molecule has 0 unspecified atom stereocenters. The molecule has 0 spiro atoms.